The van der Waals surface area contributed by atoms with Crippen molar-refractivity contribution in [3.05, 3.63) is 30.2 Å². The van der Waals surface area contributed by atoms with Gasteiger partial charge < -0.3 is 9.47 Å². The molecule has 0 amide bonds. The average molecular weight is 251 g/mol. The number of rotatable bonds is 2. The van der Waals surface area contributed by atoms with Crippen LogP contribution in [0.15, 0.2) is 24.4 Å². The van der Waals surface area contributed by atoms with E-state index in [2.05, 4.69) is 0 Å². The first-order valence-electron chi connectivity index (χ1n) is 5.58. The Balaban J connectivity index is 2.48. The lowest BCUT2D eigenvalue weighted by molar-refractivity contribution is 0.118. The van der Waals surface area contributed by atoms with E-state index in [1.54, 1.807) is 32.2 Å². The summed E-state index contributed by atoms with van der Waals surface area (Å²) in [5.41, 5.74) is 0.457. The van der Waals surface area contributed by atoms with E-state index in [0.717, 1.165) is 0 Å². The second kappa shape index (κ2) is 4.68. The topological polar surface area (TPSA) is 40.5 Å². The molecule has 0 saturated heterocycles. The summed E-state index contributed by atoms with van der Waals surface area (Å²) in [5.74, 6) is -0.361. The zero-order valence-electron chi connectivity index (χ0n) is 10.4. The molecule has 0 aliphatic carbocycles. The van der Waals surface area contributed by atoms with Crippen LogP contribution in [0.25, 0.3) is 10.9 Å². The summed E-state index contributed by atoms with van der Waals surface area (Å²) >= 11 is 0. The Bertz CT molecular complexity index is 589. The van der Waals surface area contributed by atoms with Crippen molar-refractivity contribution in [2.75, 3.05) is 7.11 Å². The SMILES string of the molecule is COc1cc2ccn(C(=O)OC(C)C)c2cc1F. The van der Waals surface area contributed by atoms with Crippen LogP contribution in [0.3, 0.4) is 0 Å². The standard InChI is InChI=1S/C13H14FNO3/c1-8(2)18-13(16)15-5-4-9-6-12(17-3)10(14)7-11(9)15/h4-8H,1-3H3. The second-order valence-corrected chi connectivity index (χ2v) is 4.16. The summed E-state index contributed by atoms with van der Waals surface area (Å²) in [7, 11) is 1.40. The van der Waals surface area contributed by atoms with Crippen molar-refractivity contribution < 1.29 is 18.7 Å². The van der Waals surface area contributed by atoms with Crippen molar-refractivity contribution in [2.24, 2.45) is 0 Å². The van der Waals surface area contributed by atoms with E-state index in [0.29, 0.717) is 10.9 Å². The molecule has 0 fully saturated rings. The number of halogens is 1. The molecule has 0 atom stereocenters. The third-order valence-corrected chi connectivity index (χ3v) is 2.50. The van der Waals surface area contributed by atoms with E-state index in [1.165, 1.54) is 17.7 Å². The Morgan fingerprint density at radius 2 is 2.11 bits per heavy atom. The molecule has 0 unspecified atom stereocenters. The van der Waals surface area contributed by atoms with Crippen LogP contribution in [0.5, 0.6) is 5.75 Å². The molecule has 2 rings (SSSR count). The number of ether oxygens (including phenoxy) is 2. The Kier molecular flexibility index (Phi) is 3.23. The number of benzene rings is 1. The molecule has 0 aliphatic rings. The lowest BCUT2D eigenvalue weighted by Crippen LogP contribution is -2.17. The number of carbonyl (C=O) groups is 1. The molecule has 4 nitrogen and oxygen atoms in total. The number of carbonyl (C=O) groups excluding carboxylic acids is 1. The minimum Gasteiger partial charge on any atom is -0.494 e. The van der Waals surface area contributed by atoms with E-state index in [4.69, 9.17) is 9.47 Å². The fourth-order valence-corrected chi connectivity index (χ4v) is 1.71. The molecular formula is C13H14FNO3. The van der Waals surface area contributed by atoms with Crippen LogP contribution >= 0.6 is 0 Å². The first-order chi connectivity index (χ1) is 8.52. The third kappa shape index (κ3) is 2.16. The number of hydrogen-bond acceptors (Lipinski definition) is 3. The van der Waals surface area contributed by atoms with Crippen LogP contribution in [0.4, 0.5) is 9.18 Å². The quantitative estimate of drug-likeness (QED) is 0.823. The zero-order chi connectivity index (χ0) is 13.3. The van der Waals surface area contributed by atoms with Gasteiger partial charge in [-0.25, -0.2) is 9.18 Å². The molecule has 2 aromatic rings. The molecule has 0 bridgehead atoms. The van der Waals surface area contributed by atoms with Gasteiger partial charge in [-0.1, -0.05) is 0 Å². The summed E-state index contributed by atoms with van der Waals surface area (Å²) < 4.78 is 24.8. The average Bonchev–Trinajstić information content (AvgIpc) is 2.69. The highest BCUT2D eigenvalue weighted by Gasteiger charge is 2.14. The normalized spacial score (nSPS) is 10.9. The largest absolute Gasteiger partial charge is 0.494 e. The Hall–Kier alpha value is -2.04. The first kappa shape index (κ1) is 12.4. The van der Waals surface area contributed by atoms with E-state index < -0.39 is 11.9 Å². The maximum Gasteiger partial charge on any atom is 0.418 e. The molecule has 0 spiro atoms. The monoisotopic (exact) mass is 251 g/mol. The molecule has 0 saturated carbocycles. The number of methoxy groups -OCH3 is 1. The van der Waals surface area contributed by atoms with Gasteiger partial charge in [-0.05, 0) is 26.0 Å². The van der Waals surface area contributed by atoms with Crippen molar-refractivity contribution in [3.8, 4) is 5.75 Å². The van der Waals surface area contributed by atoms with Crippen molar-refractivity contribution in [3.63, 3.8) is 0 Å². The molecule has 0 N–H and O–H groups in total. The molecule has 5 heteroatoms. The van der Waals surface area contributed by atoms with Crippen molar-refractivity contribution in [2.45, 2.75) is 20.0 Å². The van der Waals surface area contributed by atoms with Crippen LogP contribution in [0.1, 0.15) is 13.8 Å². The molecular weight excluding hydrogens is 237 g/mol. The molecule has 0 radical (unpaired) electrons. The lowest BCUT2D eigenvalue weighted by atomic mass is 10.2. The van der Waals surface area contributed by atoms with Crippen molar-refractivity contribution >= 4 is 17.0 Å². The maximum absolute atomic E-state index is 13.6. The van der Waals surface area contributed by atoms with Gasteiger partial charge >= 0.3 is 6.09 Å². The third-order valence-electron chi connectivity index (χ3n) is 2.50. The molecule has 18 heavy (non-hydrogen) atoms. The molecule has 1 heterocycles. The molecule has 0 aliphatic heterocycles. The molecule has 1 aromatic heterocycles. The number of nitrogens with zero attached hydrogens (tertiary/aromatic N) is 1. The predicted octanol–water partition coefficient (Wildman–Crippen LogP) is 3.18. The minimum atomic E-state index is -0.524. The van der Waals surface area contributed by atoms with Crippen LogP contribution < -0.4 is 4.74 Å². The van der Waals surface area contributed by atoms with E-state index >= 15 is 0 Å². The summed E-state index contributed by atoms with van der Waals surface area (Å²) in [6.07, 6.45) is 0.802. The van der Waals surface area contributed by atoms with Crippen LogP contribution in [-0.4, -0.2) is 23.9 Å². The number of fused-ring (bicyclic) bond motifs is 1. The summed E-state index contributed by atoms with van der Waals surface area (Å²) in [4.78, 5) is 11.8. The highest BCUT2D eigenvalue weighted by Crippen LogP contribution is 2.25. The molecule has 1 aromatic carbocycles. The van der Waals surface area contributed by atoms with Gasteiger partial charge in [0.25, 0.3) is 0 Å². The van der Waals surface area contributed by atoms with Gasteiger partial charge in [0.15, 0.2) is 11.6 Å². The van der Waals surface area contributed by atoms with Gasteiger partial charge in [0, 0.05) is 17.6 Å². The van der Waals surface area contributed by atoms with Crippen LogP contribution in [0, 0.1) is 5.82 Å². The van der Waals surface area contributed by atoms with Gasteiger partial charge in [0.2, 0.25) is 0 Å². The van der Waals surface area contributed by atoms with Gasteiger partial charge in [-0.3, -0.25) is 4.57 Å². The van der Waals surface area contributed by atoms with E-state index in [9.17, 15) is 9.18 Å². The number of hydrogen-bond donors (Lipinski definition) is 0. The van der Waals surface area contributed by atoms with Crippen molar-refractivity contribution in [1.82, 2.24) is 4.57 Å². The van der Waals surface area contributed by atoms with Gasteiger partial charge in [-0.15, -0.1) is 0 Å². The lowest BCUT2D eigenvalue weighted by Gasteiger charge is -2.09. The summed E-state index contributed by atoms with van der Waals surface area (Å²) in [5, 5.41) is 0.717. The maximum atomic E-state index is 13.6. The fourth-order valence-electron chi connectivity index (χ4n) is 1.71. The predicted molar refractivity (Wildman–Crippen MR) is 65.5 cm³/mol. The smallest absolute Gasteiger partial charge is 0.418 e. The van der Waals surface area contributed by atoms with Gasteiger partial charge in [0.05, 0.1) is 18.7 Å². The Morgan fingerprint density at radius 3 is 2.72 bits per heavy atom. The zero-order valence-corrected chi connectivity index (χ0v) is 10.4. The highest BCUT2D eigenvalue weighted by molar-refractivity contribution is 5.90. The van der Waals surface area contributed by atoms with E-state index in [-0.39, 0.29) is 11.9 Å². The van der Waals surface area contributed by atoms with Gasteiger partial charge in [0.1, 0.15) is 0 Å². The summed E-state index contributed by atoms with van der Waals surface area (Å²) in [6.45, 7) is 3.51. The molecule has 96 valence electrons. The van der Waals surface area contributed by atoms with Crippen molar-refractivity contribution in [1.29, 1.82) is 0 Å². The fraction of sp³-hybridized carbons (Fsp3) is 0.308. The summed E-state index contributed by atoms with van der Waals surface area (Å²) in [6, 6.07) is 4.51. The Labute approximate surface area is 104 Å². The first-order valence-corrected chi connectivity index (χ1v) is 5.58. The Morgan fingerprint density at radius 1 is 1.39 bits per heavy atom. The minimum absolute atomic E-state index is 0.150. The second-order valence-electron chi connectivity index (χ2n) is 4.16. The van der Waals surface area contributed by atoms with Crippen LogP contribution in [0.2, 0.25) is 0 Å². The van der Waals surface area contributed by atoms with Gasteiger partial charge in [-0.2, -0.15) is 0 Å². The highest BCUT2D eigenvalue weighted by atomic mass is 19.1. The van der Waals surface area contributed by atoms with Crippen LogP contribution in [-0.2, 0) is 4.74 Å². The van der Waals surface area contributed by atoms with E-state index in [1.807, 2.05) is 0 Å². The number of aromatic nitrogens is 1.